The number of sulfonamides is 1. The van der Waals surface area contributed by atoms with Gasteiger partial charge in [-0.15, -0.1) is 10.2 Å². The van der Waals surface area contributed by atoms with E-state index in [0.717, 1.165) is 28.9 Å². The van der Waals surface area contributed by atoms with Crippen molar-refractivity contribution in [2.75, 3.05) is 18.4 Å². The molecule has 0 aliphatic carbocycles. The van der Waals surface area contributed by atoms with Crippen LogP contribution in [0, 0.1) is 19.7 Å². The van der Waals surface area contributed by atoms with Crippen molar-refractivity contribution in [1.29, 1.82) is 0 Å². The number of halogens is 1. The van der Waals surface area contributed by atoms with Gasteiger partial charge in [-0.2, -0.15) is 4.31 Å². The molecule has 32 heavy (non-hydrogen) atoms. The van der Waals surface area contributed by atoms with Gasteiger partial charge in [0.1, 0.15) is 10.8 Å². The Kier molecular flexibility index (Phi) is 6.36. The largest absolute Gasteiger partial charge is 0.320 e. The third-order valence-electron chi connectivity index (χ3n) is 5.40. The first-order valence-corrected chi connectivity index (χ1v) is 12.5. The van der Waals surface area contributed by atoms with Crippen LogP contribution in [0.4, 0.5) is 10.1 Å². The van der Waals surface area contributed by atoms with Crippen molar-refractivity contribution in [1.82, 2.24) is 14.5 Å². The molecule has 0 spiro atoms. The molecule has 1 aliphatic heterocycles. The molecule has 1 aromatic heterocycles. The Bertz CT molecular complexity index is 1260. The highest BCUT2D eigenvalue weighted by Crippen LogP contribution is 2.32. The van der Waals surface area contributed by atoms with E-state index in [2.05, 4.69) is 15.5 Å². The van der Waals surface area contributed by atoms with Gasteiger partial charge in [-0.1, -0.05) is 35.1 Å². The summed E-state index contributed by atoms with van der Waals surface area (Å²) in [4.78, 5) is 12.8. The summed E-state index contributed by atoms with van der Waals surface area (Å²) in [5, 5.41) is 11.5. The normalized spacial score (nSPS) is 17.3. The van der Waals surface area contributed by atoms with Crippen molar-refractivity contribution in [3.05, 3.63) is 69.4 Å². The fourth-order valence-corrected chi connectivity index (χ4v) is 6.43. The van der Waals surface area contributed by atoms with Crippen LogP contribution < -0.4 is 5.32 Å². The highest BCUT2D eigenvalue weighted by molar-refractivity contribution is 7.89. The van der Waals surface area contributed by atoms with Gasteiger partial charge in [0.25, 0.3) is 5.91 Å². The molecule has 0 radical (unpaired) electrons. The lowest BCUT2D eigenvalue weighted by atomic mass is 10.0. The molecule has 1 saturated heterocycles. The second kappa shape index (κ2) is 9.05. The molecule has 4 rings (SSSR count). The number of hydrogen-bond donors (Lipinski definition) is 1. The Morgan fingerprint density at radius 2 is 2.00 bits per heavy atom. The minimum Gasteiger partial charge on any atom is -0.320 e. The first-order valence-electron chi connectivity index (χ1n) is 10.2. The predicted octanol–water partition coefficient (Wildman–Crippen LogP) is 4.11. The SMILES string of the molecule is Cc1ccc(S(=O)(=O)N2CCC[C@H](c3nnc(C(=O)Nc4cccc(F)c4)s3)C2)c(C)c1. The molecule has 10 heteroatoms. The maximum atomic E-state index is 13.3. The van der Waals surface area contributed by atoms with Crippen molar-refractivity contribution in [2.45, 2.75) is 37.5 Å². The zero-order valence-electron chi connectivity index (χ0n) is 17.7. The van der Waals surface area contributed by atoms with Crippen molar-refractivity contribution < 1.29 is 17.6 Å². The Labute approximate surface area is 190 Å². The number of carbonyl (C=O) groups excluding carboxylic acids is 1. The molecule has 2 aromatic carbocycles. The quantitative estimate of drug-likeness (QED) is 0.601. The molecular weight excluding hydrogens is 451 g/mol. The lowest BCUT2D eigenvalue weighted by molar-refractivity contribution is 0.102. The number of amides is 1. The number of rotatable bonds is 5. The molecule has 7 nitrogen and oxygen atoms in total. The number of hydrogen-bond acceptors (Lipinski definition) is 6. The zero-order chi connectivity index (χ0) is 22.9. The van der Waals surface area contributed by atoms with Gasteiger partial charge in [0.05, 0.1) is 4.90 Å². The van der Waals surface area contributed by atoms with E-state index in [-0.39, 0.29) is 17.5 Å². The van der Waals surface area contributed by atoms with Crippen molar-refractivity contribution in [2.24, 2.45) is 0 Å². The predicted molar refractivity (Wildman–Crippen MR) is 121 cm³/mol. The number of aryl methyl sites for hydroxylation is 2. The van der Waals surface area contributed by atoms with Crippen LogP contribution in [0.5, 0.6) is 0 Å². The zero-order valence-corrected chi connectivity index (χ0v) is 19.3. The van der Waals surface area contributed by atoms with Crippen LogP contribution in [-0.2, 0) is 10.0 Å². The summed E-state index contributed by atoms with van der Waals surface area (Å²) in [5.41, 5.74) is 2.06. The van der Waals surface area contributed by atoms with Crippen LogP contribution in [-0.4, -0.2) is 41.9 Å². The van der Waals surface area contributed by atoms with E-state index >= 15 is 0 Å². The molecule has 1 fully saturated rings. The standard InChI is InChI=1S/C22H23FN4O3S2/c1-14-8-9-19(15(2)11-14)32(29,30)27-10-4-5-16(13-27)21-25-26-22(31-21)20(28)24-18-7-3-6-17(23)12-18/h3,6-9,11-12,16H,4-5,10,13H2,1-2H3,(H,24,28)/t16-/m0/s1. The average molecular weight is 475 g/mol. The molecule has 1 aliphatic rings. The topological polar surface area (TPSA) is 92.3 Å². The molecule has 1 N–H and O–H groups in total. The van der Waals surface area contributed by atoms with Crippen LogP contribution in [0.25, 0.3) is 0 Å². The molecule has 1 amide bonds. The fraction of sp³-hybridized carbons (Fsp3) is 0.318. The molecule has 0 bridgehead atoms. The Hall–Kier alpha value is -2.69. The number of anilines is 1. The first kappa shape index (κ1) is 22.5. The van der Waals surface area contributed by atoms with Gasteiger partial charge >= 0.3 is 0 Å². The fourth-order valence-electron chi connectivity index (χ4n) is 3.83. The molecule has 1 atom stereocenters. The second-order valence-corrected chi connectivity index (χ2v) is 10.8. The Balaban J connectivity index is 1.49. The van der Waals surface area contributed by atoms with Crippen LogP contribution in [0.2, 0.25) is 0 Å². The van der Waals surface area contributed by atoms with E-state index in [4.69, 9.17) is 0 Å². The Morgan fingerprint density at radius 3 is 2.75 bits per heavy atom. The first-order chi connectivity index (χ1) is 15.2. The van der Waals surface area contributed by atoms with Gasteiger partial charge in [-0.25, -0.2) is 12.8 Å². The molecule has 3 aromatic rings. The summed E-state index contributed by atoms with van der Waals surface area (Å²) < 4.78 is 41.3. The lowest BCUT2D eigenvalue weighted by Gasteiger charge is -2.31. The van der Waals surface area contributed by atoms with Gasteiger partial charge in [0, 0.05) is 24.7 Å². The lowest BCUT2D eigenvalue weighted by Crippen LogP contribution is -2.39. The summed E-state index contributed by atoms with van der Waals surface area (Å²) in [7, 11) is -3.63. The molecule has 0 unspecified atom stereocenters. The van der Waals surface area contributed by atoms with Crippen molar-refractivity contribution in [3.63, 3.8) is 0 Å². The van der Waals surface area contributed by atoms with E-state index < -0.39 is 21.7 Å². The number of nitrogens with one attached hydrogen (secondary N) is 1. The van der Waals surface area contributed by atoms with Gasteiger partial charge in [-0.3, -0.25) is 4.79 Å². The van der Waals surface area contributed by atoms with Gasteiger partial charge in [-0.05, 0) is 56.5 Å². The molecule has 0 saturated carbocycles. The number of nitrogens with zero attached hydrogens (tertiary/aromatic N) is 3. The Morgan fingerprint density at radius 1 is 1.19 bits per heavy atom. The summed E-state index contributed by atoms with van der Waals surface area (Å²) >= 11 is 1.14. The second-order valence-electron chi connectivity index (χ2n) is 7.88. The van der Waals surface area contributed by atoms with Crippen LogP contribution >= 0.6 is 11.3 Å². The average Bonchev–Trinajstić information content (AvgIpc) is 3.24. The van der Waals surface area contributed by atoms with E-state index in [1.54, 1.807) is 25.1 Å². The van der Waals surface area contributed by atoms with Gasteiger partial charge < -0.3 is 5.32 Å². The number of piperidine rings is 1. The van der Waals surface area contributed by atoms with Gasteiger partial charge in [0.15, 0.2) is 0 Å². The van der Waals surface area contributed by atoms with Crippen LogP contribution in [0.1, 0.15) is 44.7 Å². The third kappa shape index (κ3) is 4.72. The molecule has 168 valence electrons. The highest BCUT2D eigenvalue weighted by Gasteiger charge is 2.33. The van der Waals surface area contributed by atoms with Crippen molar-refractivity contribution >= 4 is 33.0 Å². The molecule has 2 heterocycles. The maximum absolute atomic E-state index is 13.3. The van der Waals surface area contributed by atoms with Crippen molar-refractivity contribution in [3.8, 4) is 0 Å². The molecular formula is C22H23FN4O3S2. The minimum atomic E-state index is -3.63. The maximum Gasteiger partial charge on any atom is 0.286 e. The van der Waals surface area contributed by atoms with Gasteiger partial charge in [0.2, 0.25) is 15.0 Å². The third-order valence-corrected chi connectivity index (χ3v) is 8.51. The summed E-state index contributed by atoms with van der Waals surface area (Å²) in [6.45, 7) is 4.46. The summed E-state index contributed by atoms with van der Waals surface area (Å²) in [6, 6.07) is 10.9. The minimum absolute atomic E-state index is 0.141. The number of carbonyl (C=O) groups is 1. The monoisotopic (exact) mass is 474 g/mol. The van der Waals surface area contributed by atoms with E-state index in [1.807, 2.05) is 13.0 Å². The summed E-state index contributed by atoms with van der Waals surface area (Å²) in [5.74, 6) is -1.07. The van der Waals surface area contributed by atoms with E-state index in [1.165, 1.54) is 22.5 Å². The highest BCUT2D eigenvalue weighted by atomic mass is 32.2. The summed E-state index contributed by atoms with van der Waals surface area (Å²) in [6.07, 6.45) is 1.46. The van der Waals surface area contributed by atoms with E-state index in [0.29, 0.717) is 28.6 Å². The van der Waals surface area contributed by atoms with E-state index in [9.17, 15) is 17.6 Å². The number of benzene rings is 2. The van der Waals surface area contributed by atoms with Crippen LogP contribution in [0.15, 0.2) is 47.4 Å². The smallest absolute Gasteiger partial charge is 0.286 e. The number of aromatic nitrogens is 2. The van der Waals surface area contributed by atoms with Crippen LogP contribution in [0.3, 0.4) is 0 Å².